The minimum Gasteiger partial charge on any atom is -0.350 e. The molecule has 1 N–H and O–H groups in total. The molecule has 0 unspecified atom stereocenters. The van der Waals surface area contributed by atoms with Gasteiger partial charge in [0.05, 0.1) is 27.5 Å². The number of thiazole rings is 2. The number of amides is 1. The van der Waals surface area contributed by atoms with Gasteiger partial charge in [-0.15, -0.1) is 22.7 Å². The van der Waals surface area contributed by atoms with Gasteiger partial charge in [0, 0.05) is 17.4 Å². The molecule has 0 aliphatic rings. The number of hydrogen-bond donors (Lipinski definition) is 1. The second-order valence-electron chi connectivity index (χ2n) is 6.55. The number of para-hydroxylation sites is 1. The molecule has 1 amide bonds. The van der Waals surface area contributed by atoms with Crippen molar-refractivity contribution < 1.29 is 4.79 Å². The van der Waals surface area contributed by atoms with Crippen LogP contribution in [0, 0.1) is 0 Å². The van der Waals surface area contributed by atoms with E-state index in [4.69, 9.17) is 0 Å². The van der Waals surface area contributed by atoms with Gasteiger partial charge < -0.3 is 5.32 Å². The molecular formula is C22H21N3OS2. The Bertz CT molecular complexity index is 1020. The highest BCUT2D eigenvalue weighted by atomic mass is 32.1. The minimum atomic E-state index is 0.0840. The standard InChI is InChI=1S/C22H21N3OS2/c26-20(12-6-7-13-21-24-17-10-4-5-11-19(17)28-21)23-14-22-25-18(15-27-22)16-8-2-1-3-9-16/h1-5,8-11,15H,6-7,12-14H2,(H,23,26). The summed E-state index contributed by atoms with van der Waals surface area (Å²) in [6, 6.07) is 18.3. The first-order chi connectivity index (χ1) is 13.8. The number of nitrogens with zero attached hydrogens (tertiary/aromatic N) is 2. The van der Waals surface area contributed by atoms with Gasteiger partial charge in [-0.2, -0.15) is 0 Å². The van der Waals surface area contributed by atoms with E-state index in [0.717, 1.165) is 46.1 Å². The van der Waals surface area contributed by atoms with Gasteiger partial charge in [0.1, 0.15) is 5.01 Å². The average molecular weight is 408 g/mol. The second kappa shape index (κ2) is 9.08. The van der Waals surface area contributed by atoms with Crippen molar-refractivity contribution in [1.29, 1.82) is 0 Å². The molecule has 4 aromatic rings. The van der Waals surface area contributed by atoms with E-state index in [-0.39, 0.29) is 5.91 Å². The van der Waals surface area contributed by atoms with Crippen molar-refractivity contribution in [1.82, 2.24) is 15.3 Å². The molecule has 0 aliphatic carbocycles. The normalized spacial score (nSPS) is 11.0. The molecule has 4 rings (SSSR count). The number of carbonyl (C=O) groups is 1. The lowest BCUT2D eigenvalue weighted by atomic mass is 10.2. The SMILES string of the molecule is O=C(CCCCc1nc2ccccc2s1)NCc1nc(-c2ccccc2)cs1. The molecule has 0 spiro atoms. The minimum absolute atomic E-state index is 0.0840. The third kappa shape index (κ3) is 4.82. The molecule has 0 bridgehead atoms. The first-order valence-corrected chi connectivity index (χ1v) is 11.1. The summed E-state index contributed by atoms with van der Waals surface area (Å²) >= 11 is 3.33. The molecule has 6 heteroatoms. The van der Waals surface area contributed by atoms with Crippen molar-refractivity contribution in [3.63, 3.8) is 0 Å². The molecular weight excluding hydrogens is 386 g/mol. The summed E-state index contributed by atoms with van der Waals surface area (Å²) in [5, 5.41) is 7.10. The fourth-order valence-corrected chi connectivity index (χ4v) is 4.74. The lowest BCUT2D eigenvalue weighted by molar-refractivity contribution is -0.121. The van der Waals surface area contributed by atoms with Crippen LogP contribution in [0.2, 0.25) is 0 Å². The molecule has 0 saturated heterocycles. The second-order valence-corrected chi connectivity index (χ2v) is 8.61. The number of hydrogen-bond acceptors (Lipinski definition) is 5. The van der Waals surface area contributed by atoms with Gasteiger partial charge in [-0.05, 0) is 31.4 Å². The number of fused-ring (bicyclic) bond motifs is 1. The molecule has 0 atom stereocenters. The van der Waals surface area contributed by atoms with Crippen LogP contribution < -0.4 is 5.32 Å². The summed E-state index contributed by atoms with van der Waals surface area (Å²) in [5.41, 5.74) is 3.13. The fraction of sp³-hybridized carbons (Fsp3) is 0.227. The van der Waals surface area contributed by atoms with Crippen molar-refractivity contribution in [2.45, 2.75) is 32.2 Å². The van der Waals surface area contributed by atoms with E-state index in [1.165, 1.54) is 4.70 Å². The summed E-state index contributed by atoms with van der Waals surface area (Å²) in [5.74, 6) is 0.0840. The molecule has 0 aliphatic heterocycles. The molecule has 4 nitrogen and oxygen atoms in total. The third-order valence-corrected chi connectivity index (χ3v) is 6.39. The van der Waals surface area contributed by atoms with Crippen molar-refractivity contribution in [3.05, 3.63) is 70.0 Å². The summed E-state index contributed by atoms with van der Waals surface area (Å²) in [7, 11) is 0. The quantitative estimate of drug-likeness (QED) is 0.395. The maximum absolute atomic E-state index is 12.1. The highest BCUT2D eigenvalue weighted by Gasteiger charge is 2.07. The number of nitrogens with one attached hydrogen (secondary N) is 1. The fourth-order valence-electron chi connectivity index (χ4n) is 2.98. The highest BCUT2D eigenvalue weighted by molar-refractivity contribution is 7.18. The average Bonchev–Trinajstić information content (AvgIpc) is 3.37. The van der Waals surface area contributed by atoms with Gasteiger partial charge >= 0.3 is 0 Å². The molecule has 2 aromatic heterocycles. The van der Waals surface area contributed by atoms with Crippen LogP contribution >= 0.6 is 22.7 Å². The first-order valence-electron chi connectivity index (χ1n) is 9.39. The molecule has 0 saturated carbocycles. The van der Waals surface area contributed by atoms with Crippen LogP contribution in [-0.4, -0.2) is 15.9 Å². The third-order valence-electron chi connectivity index (χ3n) is 4.44. The summed E-state index contributed by atoms with van der Waals surface area (Å²) in [6.07, 6.45) is 3.32. The lowest BCUT2D eigenvalue weighted by Gasteiger charge is -2.03. The smallest absolute Gasteiger partial charge is 0.220 e. The van der Waals surface area contributed by atoms with Crippen LogP contribution in [0.25, 0.3) is 21.5 Å². The van der Waals surface area contributed by atoms with Crippen LogP contribution in [0.1, 0.15) is 29.3 Å². The van der Waals surface area contributed by atoms with E-state index in [0.29, 0.717) is 13.0 Å². The maximum atomic E-state index is 12.1. The zero-order valence-electron chi connectivity index (χ0n) is 15.4. The molecule has 142 valence electrons. The molecule has 28 heavy (non-hydrogen) atoms. The van der Waals surface area contributed by atoms with Gasteiger partial charge in [0.2, 0.25) is 5.91 Å². The topological polar surface area (TPSA) is 54.9 Å². The Morgan fingerprint density at radius 3 is 2.61 bits per heavy atom. The monoisotopic (exact) mass is 407 g/mol. The van der Waals surface area contributed by atoms with Crippen LogP contribution in [0.15, 0.2) is 60.0 Å². The first kappa shape index (κ1) is 18.8. The van der Waals surface area contributed by atoms with Crippen LogP contribution in [-0.2, 0) is 17.8 Å². The molecule has 2 heterocycles. The number of benzene rings is 2. The van der Waals surface area contributed by atoms with E-state index in [2.05, 4.69) is 21.4 Å². The molecule has 0 fully saturated rings. The number of carbonyl (C=O) groups excluding carboxylic acids is 1. The van der Waals surface area contributed by atoms with Gasteiger partial charge in [-0.3, -0.25) is 4.79 Å². The highest BCUT2D eigenvalue weighted by Crippen LogP contribution is 2.23. The van der Waals surface area contributed by atoms with Crippen LogP contribution in [0.4, 0.5) is 0 Å². The molecule has 0 radical (unpaired) electrons. The Morgan fingerprint density at radius 2 is 1.75 bits per heavy atom. The summed E-state index contributed by atoms with van der Waals surface area (Å²) in [6.45, 7) is 0.494. The number of aromatic nitrogens is 2. The van der Waals surface area contributed by atoms with Crippen molar-refractivity contribution in [2.75, 3.05) is 0 Å². The lowest BCUT2D eigenvalue weighted by Crippen LogP contribution is -2.22. The summed E-state index contributed by atoms with van der Waals surface area (Å²) < 4.78 is 1.23. The summed E-state index contributed by atoms with van der Waals surface area (Å²) in [4.78, 5) is 21.3. The predicted octanol–water partition coefficient (Wildman–Crippen LogP) is 5.45. The van der Waals surface area contributed by atoms with E-state index in [1.54, 1.807) is 22.7 Å². The van der Waals surface area contributed by atoms with Crippen molar-refractivity contribution >= 4 is 38.8 Å². The van der Waals surface area contributed by atoms with Gasteiger partial charge in [0.25, 0.3) is 0 Å². The van der Waals surface area contributed by atoms with Crippen molar-refractivity contribution in [3.8, 4) is 11.3 Å². The predicted molar refractivity (Wildman–Crippen MR) is 117 cm³/mol. The van der Waals surface area contributed by atoms with Gasteiger partial charge in [-0.25, -0.2) is 9.97 Å². The Hall–Kier alpha value is -2.57. The van der Waals surface area contributed by atoms with E-state index >= 15 is 0 Å². The molecule has 2 aromatic carbocycles. The zero-order chi connectivity index (χ0) is 19.2. The largest absolute Gasteiger partial charge is 0.350 e. The van der Waals surface area contributed by atoms with Crippen LogP contribution in [0.5, 0.6) is 0 Å². The Labute approximate surface area is 172 Å². The van der Waals surface area contributed by atoms with Crippen molar-refractivity contribution in [2.24, 2.45) is 0 Å². The number of aryl methyl sites for hydroxylation is 1. The number of rotatable bonds is 8. The van der Waals surface area contributed by atoms with Gasteiger partial charge in [0.15, 0.2) is 0 Å². The maximum Gasteiger partial charge on any atom is 0.220 e. The van der Waals surface area contributed by atoms with Gasteiger partial charge in [-0.1, -0.05) is 42.5 Å². The Morgan fingerprint density at radius 1 is 0.929 bits per heavy atom. The van der Waals surface area contributed by atoms with E-state index in [1.807, 2.05) is 53.9 Å². The van der Waals surface area contributed by atoms with Crippen LogP contribution in [0.3, 0.4) is 0 Å². The van der Waals surface area contributed by atoms with E-state index < -0.39 is 0 Å². The number of unbranched alkanes of at least 4 members (excludes halogenated alkanes) is 1. The Balaban J connectivity index is 1.18. The zero-order valence-corrected chi connectivity index (χ0v) is 17.1. The van der Waals surface area contributed by atoms with E-state index in [9.17, 15) is 4.79 Å². The Kier molecular flexibility index (Phi) is 6.09.